The van der Waals surface area contributed by atoms with Crippen LogP contribution in [0.1, 0.15) is 154 Å². The van der Waals surface area contributed by atoms with Gasteiger partial charge in [-0.15, -0.1) is 10.2 Å². The lowest BCUT2D eigenvalue weighted by molar-refractivity contribution is -0.152. The van der Waals surface area contributed by atoms with E-state index in [9.17, 15) is 87.7 Å². The third-order valence-electron chi connectivity index (χ3n) is 23.9. The molecule has 14 aliphatic rings. The quantitative estimate of drug-likeness (QED) is 0.0666. The van der Waals surface area contributed by atoms with E-state index in [1.54, 1.807) is 90.2 Å². The summed E-state index contributed by atoms with van der Waals surface area (Å²) in [4.78, 5) is 161. The number of thioether (sulfide) groups is 8. The number of benzene rings is 3. The fourth-order valence-electron chi connectivity index (χ4n) is 17.4. The minimum absolute atomic E-state index is 0.0113. The monoisotopic (exact) mass is 1830 g/mol. The molecule has 0 aliphatic carbocycles. The van der Waals surface area contributed by atoms with Crippen LogP contribution in [-0.2, 0) is 57.2 Å². The Balaban J connectivity index is 0.000000142. The van der Waals surface area contributed by atoms with E-state index in [4.69, 9.17) is 20.9 Å². The maximum absolute atomic E-state index is 14.4. The number of rotatable bonds is 10. The maximum atomic E-state index is 14.4. The number of aliphatic hydroxyl groups is 2. The number of urea groups is 2. The van der Waals surface area contributed by atoms with Gasteiger partial charge in [-0.3, -0.25) is 68.6 Å². The summed E-state index contributed by atoms with van der Waals surface area (Å²) >= 11 is 9.81. The molecule has 4 atom stereocenters. The number of carboxylic acids is 2. The number of para-hydroxylation sites is 1. The molecule has 41 heteroatoms. The average molecular weight is 1830 g/mol. The first-order chi connectivity index (χ1) is 56.9. The van der Waals surface area contributed by atoms with Crippen molar-refractivity contribution >= 4 is 212 Å². The average Bonchev–Trinajstić information content (AvgIpc) is 0.749. The highest BCUT2D eigenvalue weighted by Crippen LogP contribution is 2.79. The number of aromatic hydroxyl groups is 1. The zero-order valence-corrected chi connectivity index (χ0v) is 76.4. The number of imide groups is 3. The van der Waals surface area contributed by atoms with Gasteiger partial charge < -0.3 is 51.4 Å². The van der Waals surface area contributed by atoms with Gasteiger partial charge in [0.1, 0.15) is 33.8 Å². The summed E-state index contributed by atoms with van der Waals surface area (Å²) in [7, 11) is -1.19. The number of nitrogens with two attached hydrogens (primary N) is 2. The molecule has 3 saturated heterocycles. The zero-order valence-electron chi connectivity index (χ0n) is 69.0. The minimum Gasteiger partial charge on any atom is -0.506 e. The van der Waals surface area contributed by atoms with Gasteiger partial charge in [-0.05, 0) is 172 Å². The molecule has 0 radical (unpaired) electrons. The Morgan fingerprint density at radius 3 is 1.29 bits per heavy atom. The fourth-order valence-corrected chi connectivity index (χ4v) is 32.8. The van der Waals surface area contributed by atoms with Crippen LogP contribution in [0.4, 0.5) is 38.0 Å². The molecule has 3 aromatic rings. The number of phenols is 1. The van der Waals surface area contributed by atoms with Crippen LogP contribution in [-0.4, -0.2) is 170 Å². The number of hydrazine groups is 4. The fraction of sp³-hybridized carbons (Fsp3) is 0.370. The number of hydrogen-bond acceptors (Lipinski definition) is 29. The molecule has 122 heavy (non-hydrogen) atoms. The summed E-state index contributed by atoms with van der Waals surface area (Å²) in [5.41, 5.74) is 25.9. The lowest BCUT2D eigenvalue weighted by atomic mass is 9.83. The molecule has 3 spiro atoms. The van der Waals surface area contributed by atoms with Crippen molar-refractivity contribution in [1.29, 1.82) is 0 Å². The van der Waals surface area contributed by atoms with Crippen LogP contribution in [0.2, 0.25) is 0 Å². The topological polar surface area (TPSA) is 447 Å². The number of carboxylic acid groups (broad SMARTS) is 2. The second-order valence-electron chi connectivity index (χ2n) is 31.8. The molecule has 32 nitrogen and oxygen atoms in total. The molecule has 642 valence electrons. The Bertz CT molecular complexity index is 5610. The van der Waals surface area contributed by atoms with Gasteiger partial charge in [0.25, 0.3) is 36.9 Å². The SMILES string of the molecule is C=C(C)C1=C(C(=C)C)SC2(S1)C(C)=C(N)SC1=C2c2cc(C)c(C)c3c2N(C(=O)N(N2C(=O)CCC2=O)N3)C1(C)O.CC1=C(N)SC2=C(c3cc(C)c(C)c4c3N(C(=O)N(N3C(=O)CCC3=O)N4)C2(C)O)C12SC(C(=O)O)=C(C(=O)O)S2.COC1=C(OC)SC2(S1)C(C)=C(C)P(=O)(O)C1=C2c2cccc(O)c2N(C(=O)C(C)N2C(=O)CCC2=O)C1(C)C. The van der Waals surface area contributed by atoms with E-state index in [1.807, 2.05) is 47.6 Å². The smallest absolute Gasteiger partial charge is 0.366 e. The number of aryl methyl sites for hydroxylation is 2. The van der Waals surface area contributed by atoms with Crippen molar-refractivity contribution < 1.29 is 97.2 Å². The number of nitrogens with one attached hydrogen (secondary N) is 2. The van der Waals surface area contributed by atoms with Crippen molar-refractivity contribution in [2.45, 2.75) is 178 Å². The van der Waals surface area contributed by atoms with Crippen LogP contribution in [0, 0.1) is 27.7 Å². The summed E-state index contributed by atoms with van der Waals surface area (Å²) in [6.45, 7) is 34.6. The number of aliphatic carboxylic acids is 2. The van der Waals surface area contributed by atoms with Crippen LogP contribution in [0.25, 0.3) is 16.7 Å². The molecule has 0 bridgehead atoms. The number of likely N-dealkylation sites (tertiary alicyclic amines) is 1. The van der Waals surface area contributed by atoms with Gasteiger partial charge in [-0.2, -0.15) is 10.0 Å². The summed E-state index contributed by atoms with van der Waals surface area (Å²) in [6, 6.07) is 5.75. The Hall–Kier alpha value is -9.32. The van der Waals surface area contributed by atoms with E-state index in [2.05, 4.69) is 24.0 Å². The Morgan fingerprint density at radius 1 is 0.549 bits per heavy atom. The van der Waals surface area contributed by atoms with Crippen molar-refractivity contribution in [2.24, 2.45) is 11.5 Å². The molecule has 3 fully saturated rings. The molecular formula is C81H85N12O20PS8. The van der Waals surface area contributed by atoms with Crippen LogP contribution >= 0.6 is 101 Å². The number of amides is 11. The largest absolute Gasteiger partial charge is 0.506 e. The number of carbonyl (C=O) groups is 11. The van der Waals surface area contributed by atoms with E-state index in [0.717, 1.165) is 120 Å². The molecule has 11 amide bonds. The van der Waals surface area contributed by atoms with Gasteiger partial charge in [-0.25, -0.2) is 19.2 Å². The van der Waals surface area contributed by atoms with Crippen molar-refractivity contribution in [2.75, 3.05) is 39.8 Å². The van der Waals surface area contributed by atoms with E-state index < -0.39 is 108 Å². The predicted octanol–water partition coefficient (Wildman–Crippen LogP) is 13.6. The third kappa shape index (κ3) is 12.3. The van der Waals surface area contributed by atoms with Gasteiger partial charge in [0, 0.05) is 87.1 Å². The number of fused-ring (bicyclic) bond motifs is 7. The minimum atomic E-state index is -4.24. The van der Waals surface area contributed by atoms with Crippen molar-refractivity contribution in [3.05, 3.63) is 171 Å². The molecule has 14 heterocycles. The first kappa shape index (κ1) is 87.6. The molecular weight excluding hydrogens is 1750 g/mol. The second kappa shape index (κ2) is 29.7. The Kier molecular flexibility index (Phi) is 21.3. The van der Waals surface area contributed by atoms with E-state index >= 15 is 0 Å². The molecule has 17 rings (SSSR count). The van der Waals surface area contributed by atoms with Crippen molar-refractivity contribution in [1.82, 2.24) is 25.2 Å². The highest BCUT2D eigenvalue weighted by atomic mass is 32.2. The van der Waals surface area contributed by atoms with Crippen molar-refractivity contribution in [3.63, 3.8) is 0 Å². The molecule has 4 unspecified atom stereocenters. The second-order valence-corrected chi connectivity index (χ2v) is 44.2. The number of hydrogen-bond donors (Lipinski definition) is 10. The highest BCUT2D eigenvalue weighted by Gasteiger charge is 2.66. The molecule has 14 aliphatic heterocycles. The van der Waals surface area contributed by atoms with Gasteiger partial charge in [0.2, 0.25) is 22.0 Å². The summed E-state index contributed by atoms with van der Waals surface area (Å²) in [6.07, 6.45) is -0.0907. The molecule has 0 saturated carbocycles. The number of ether oxygens (including phenoxy) is 2. The Labute approximate surface area is 734 Å². The molecule has 12 N–H and O–H groups in total. The van der Waals surface area contributed by atoms with E-state index in [1.165, 1.54) is 79.2 Å². The summed E-state index contributed by atoms with van der Waals surface area (Å²) < 4.78 is 22.5. The van der Waals surface area contributed by atoms with E-state index in [0.29, 0.717) is 76.2 Å². The van der Waals surface area contributed by atoms with Gasteiger partial charge in [0.15, 0.2) is 11.4 Å². The summed E-state index contributed by atoms with van der Waals surface area (Å²) in [5.74, 6) is -6.75. The lowest BCUT2D eigenvalue weighted by Gasteiger charge is -2.53. The first-order valence-corrected chi connectivity index (χ1v) is 46.2. The lowest BCUT2D eigenvalue weighted by Crippen LogP contribution is -2.66. The number of phenolic OH excluding ortho intramolecular Hbond substituents is 1. The number of anilines is 5. The molecule has 3 aromatic carbocycles. The number of carbonyl (C=O) groups excluding carboxylic acids is 9. The van der Waals surface area contributed by atoms with Crippen LogP contribution < -0.4 is 37.0 Å². The standard InChI is InChI=1S/C29H31N5O4S3.C27H31N2O8PS2.C25H23N5O8S3/c1-12(2)23-24(13(3)4)41-29(40-23)16(7)26(30)39-25-20(29)17-11-14(5)15(6)21-22(17)32(28(25,8)38)27(37)34(31-21)33-18(35)9-10-19(33)36;1-13-15(3)38(34,35)22-20(27(13)39-24(36-6)25(37-7)40-27)16-9-8-10-17(30)21(16)29(26(22,4)5)23(33)14(2)28-18(31)11-12-19(28)32;1-8-7-11-14-19(39-20(26)10(3)25(14)40-17(21(33)34)18(41-25)22(35)36)24(4,38)28-16(11)15(9(8)2)27-30(23(28)37)29-12(31)5-6-13(29)32/h11,31,38H,1,3,9-10,30H2,2,4-8H3;8-10,14,30H,11-12H2,1-7H3,(H,34,35);7,27,38H,5-6,26H2,1-4H3,(H,33,34)(H,35,36). The zero-order chi connectivity index (χ0) is 89.4. The van der Waals surface area contributed by atoms with Gasteiger partial charge >= 0.3 is 24.0 Å². The number of methoxy groups -OCH3 is 2. The van der Waals surface area contributed by atoms with Crippen molar-refractivity contribution in [3.8, 4) is 5.75 Å². The van der Waals surface area contributed by atoms with Crippen LogP contribution in [0.3, 0.4) is 0 Å². The first-order valence-electron chi connectivity index (χ1n) is 38.0. The van der Waals surface area contributed by atoms with Gasteiger partial charge in [-0.1, -0.05) is 119 Å². The third-order valence-corrected chi connectivity index (χ3v) is 39.6. The predicted molar refractivity (Wildman–Crippen MR) is 474 cm³/mol. The van der Waals surface area contributed by atoms with Crippen LogP contribution in [0.5, 0.6) is 5.75 Å². The number of nitrogens with zero attached hydrogens (tertiary/aromatic N) is 8. The highest BCUT2D eigenvalue weighted by molar-refractivity contribution is 8.27. The maximum Gasteiger partial charge on any atom is 0.366 e. The van der Waals surface area contributed by atoms with Crippen LogP contribution in [0.15, 0.2) is 132 Å². The Morgan fingerprint density at radius 2 is 0.918 bits per heavy atom. The molecule has 0 aromatic heterocycles. The normalized spacial score (nSPS) is 25.3. The van der Waals surface area contributed by atoms with Gasteiger partial charge in [0.05, 0.1) is 73.4 Å². The summed E-state index contributed by atoms with van der Waals surface area (Å²) in [5, 5.41) is 61.1. The van der Waals surface area contributed by atoms with E-state index in [-0.39, 0.29) is 86.0 Å². The number of allylic oxidation sites excluding steroid dienone is 3.